The number of hydrogen-bond acceptors (Lipinski definition) is 2. The number of piperidine rings is 1. The highest BCUT2D eigenvalue weighted by Gasteiger charge is 2.18. The maximum absolute atomic E-state index is 4.37. The van der Waals surface area contributed by atoms with Gasteiger partial charge in [0.25, 0.3) is 0 Å². The fraction of sp³-hybridized carbons (Fsp3) is 0.692. The highest BCUT2D eigenvalue weighted by molar-refractivity contribution is 14.0. The summed E-state index contributed by atoms with van der Waals surface area (Å²) in [6, 6.07) is 0. The van der Waals surface area contributed by atoms with E-state index in [1.807, 2.05) is 19.6 Å². The van der Waals surface area contributed by atoms with Gasteiger partial charge in [0.2, 0.25) is 0 Å². The van der Waals surface area contributed by atoms with Crippen molar-refractivity contribution < 1.29 is 0 Å². The Morgan fingerprint density at radius 1 is 1.53 bits per heavy atom. The van der Waals surface area contributed by atoms with Gasteiger partial charge in [-0.25, -0.2) is 4.98 Å². The van der Waals surface area contributed by atoms with Crippen LogP contribution in [0.2, 0.25) is 0 Å². The van der Waals surface area contributed by atoms with Gasteiger partial charge in [-0.1, -0.05) is 6.92 Å². The SMILES string of the molecule is CN=C(NCCn1ccnc1)N1CCCC(C)C1.I. The van der Waals surface area contributed by atoms with Crippen LogP contribution in [0.4, 0.5) is 0 Å². The molecule has 1 aromatic heterocycles. The zero-order valence-electron chi connectivity index (χ0n) is 11.7. The monoisotopic (exact) mass is 377 g/mol. The van der Waals surface area contributed by atoms with Crippen LogP contribution in [0.5, 0.6) is 0 Å². The Hall–Kier alpha value is -0.790. The van der Waals surface area contributed by atoms with Gasteiger partial charge in [0, 0.05) is 45.6 Å². The van der Waals surface area contributed by atoms with Crippen LogP contribution in [0, 0.1) is 5.92 Å². The minimum Gasteiger partial charge on any atom is -0.354 e. The van der Waals surface area contributed by atoms with Crippen LogP contribution < -0.4 is 5.32 Å². The van der Waals surface area contributed by atoms with Gasteiger partial charge in [-0.15, -0.1) is 24.0 Å². The third kappa shape index (κ3) is 5.00. The lowest BCUT2D eigenvalue weighted by molar-refractivity contribution is 0.266. The number of likely N-dealkylation sites (tertiary alicyclic amines) is 1. The first kappa shape index (κ1) is 16.3. The average molecular weight is 377 g/mol. The van der Waals surface area contributed by atoms with Crippen molar-refractivity contribution in [3.8, 4) is 0 Å². The number of rotatable bonds is 3. The fourth-order valence-electron chi connectivity index (χ4n) is 2.43. The van der Waals surface area contributed by atoms with Gasteiger partial charge in [0.15, 0.2) is 5.96 Å². The molecule has 0 aromatic carbocycles. The number of nitrogens with one attached hydrogen (secondary N) is 1. The van der Waals surface area contributed by atoms with Crippen LogP contribution in [0.1, 0.15) is 19.8 Å². The van der Waals surface area contributed by atoms with E-state index in [0.29, 0.717) is 0 Å². The molecule has 1 unspecified atom stereocenters. The molecule has 1 N–H and O–H groups in total. The third-order valence-electron chi connectivity index (χ3n) is 3.38. The lowest BCUT2D eigenvalue weighted by Crippen LogP contribution is -2.46. The van der Waals surface area contributed by atoms with Gasteiger partial charge < -0.3 is 14.8 Å². The molecule has 0 saturated carbocycles. The van der Waals surface area contributed by atoms with Crippen molar-refractivity contribution in [3.63, 3.8) is 0 Å². The lowest BCUT2D eigenvalue weighted by atomic mass is 10.0. The Balaban J connectivity index is 0.00000180. The van der Waals surface area contributed by atoms with Crippen molar-refractivity contribution in [2.75, 3.05) is 26.7 Å². The van der Waals surface area contributed by atoms with Crippen molar-refractivity contribution in [1.29, 1.82) is 0 Å². The molecule has 1 fully saturated rings. The summed E-state index contributed by atoms with van der Waals surface area (Å²) >= 11 is 0. The molecule has 108 valence electrons. The Labute approximate surface area is 132 Å². The highest BCUT2D eigenvalue weighted by Crippen LogP contribution is 2.15. The molecule has 0 amide bonds. The minimum absolute atomic E-state index is 0. The number of hydrogen-bond donors (Lipinski definition) is 1. The standard InChI is InChI=1S/C13H23N5.HI/c1-12-4-3-7-18(10-12)13(14-2)16-6-9-17-8-5-15-11-17;/h5,8,11-12H,3-4,6-7,9-10H2,1-2H3,(H,14,16);1H. The molecule has 1 atom stereocenters. The van der Waals surface area contributed by atoms with E-state index in [2.05, 4.69) is 31.7 Å². The second kappa shape index (κ2) is 8.39. The van der Waals surface area contributed by atoms with Gasteiger partial charge in [0.1, 0.15) is 0 Å². The van der Waals surface area contributed by atoms with Gasteiger partial charge in [-0.3, -0.25) is 4.99 Å². The van der Waals surface area contributed by atoms with Gasteiger partial charge in [-0.05, 0) is 18.8 Å². The first-order chi connectivity index (χ1) is 8.79. The average Bonchev–Trinajstić information content (AvgIpc) is 2.88. The molecule has 0 aliphatic carbocycles. The van der Waals surface area contributed by atoms with Gasteiger partial charge >= 0.3 is 0 Å². The van der Waals surface area contributed by atoms with E-state index < -0.39 is 0 Å². The van der Waals surface area contributed by atoms with Gasteiger partial charge in [-0.2, -0.15) is 0 Å². The van der Waals surface area contributed by atoms with Gasteiger partial charge in [0.05, 0.1) is 6.33 Å². The molecule has 2 rings (SSSR count). The Morgan fingerprint density at radius 2 is 2.37 bits per heavy atom. The van der Waals surface area contributed by atoms with E-state index in [1.165, 1.54) is 12.8 Å². The molecule has 1 aliphatic rings. The normalized spacial score (nSPS) is 20.0. The van der Waals surface area contributed by atoms with E-state index in [1.54, 1.807) is 6.20 Å². The Morgan fingerprint density at radius 3 is 3.00 bits per heavy atom. The number of aromatic nitrogens is 2. The van der Waals surface area contributed by atoms with Crippen LogP contribution in [-0.2, 0) is 6.54 Å². The Kier molecular flexibility index (Phi) is 7.19. The predicted molar refractivity (Wildman–Crippen MR) is 89.0 cm³/mol. The van der Waals surface area contributed by atoms with E-state index in [0.717, 1.165) is 38.1 Å². The summed E-state index contributed by atoms with van der Waals surface area (Å²) in [6.07, 6.45) is 8.23. The topological polar surface area (TPSA) is 45.5 Å². The second-order valence-electron chi connectivity index (χ2n) is 4.97. The van der Waals surface area contributed by atoms with E-state index in [-0.39, 0.29) is 24.0 Å². The van der Waals surface area contributed by atoms with Crippen molar-refractivity contribution >= 4 is 29.9 Å². The molecule has 1 saturated heterocycles. The summed E-state index contributed by atoms with van der Waals surface area (Å²) < 4.78 is 2.07. The summed E-state index contributed by atoms with van der Waals surface area (Å²) in [7, 11) is 1.86. The van der Waals surface area contributed by atoms with Crippen LogP contribution >= 0.6 is 24.0 Å². The number of guanidine groups is 1. The molecule has 6 heteroatoms. The molecular weight excluding hydrogens is 353 g/mol. The van der Waals surface area contributed by atoms with Crippen molar-refractivity contribution in [2.45, 2.75) is 26.3 Å². The molecular formula is C13H24IN5. The quantitative estimate of drug-likeness (QED) is 0.497. The van der Waals surface area contributed by atoms with E-state index >= 15 is 0 Å². The molecule has 0 spiro atoms. The van der Waals surface area contributed by atoms with Crippen molar-refractivity contribution in [3.05, 3.63) is 18.7 Å². The van der Waals surface area contributed by atoms with E-state index in [9.17, 15) is 0 Å². The zero-order valence-corrected chi connectivity index (χ0v) is 14.1. The lowest BCUT2D eigenvalue weighted by Gasteiger charge is -2.33. The largest absolute Gasteiger partial charge is 0.354 e. The first-order valence-corrected chi connectivity index (χ1v) is 6.71. The van der Waals surface area contributed by atoms with Crippen LogP contribution in [0.15, 0.2) is 23.7 Å². The summed E-state index contributed by atoms with van der Waals surface area (Å²) in [6.45, 7) is 6.35. The van der Waals surface area contributed by atoms with Crippen LogP contribution in [0.3, 0.4) is 0 Å². The third-order valence-corrected chi connectivity index (χ3v) is 3.38. The molecule has 1 aromatic rings. The smallest absolute Gasteiger partial charge is 0.193 e. The molecule has 5 nitrogen and oxygen atoms in total. The molecule has 2 heterocycles. The molecule has 0 bridgehead atoms. The summed E-state index contributed by atoms with van der Waals surface area (Å²) in [5.41, 5.74) is 0. The van der Waals surface area contributed by atoms with E-state index in [4.69, 9.17) is 0 Å². The van der Waals surface area contributed by atoms with Crippen molar-refractivity contribution in [1.82, 2.24) is 19.8 Å². The van der Waals surface area contributed by atoms with Crippen LogP contribution in [0.25, 0.3) is 0 Å². The number of halogens is 1. The number of nitrogens with zero attached hydrogens (tertiary/aromatic N) is 4. The molecule has 1 aliphatic heterocycles. The summed E-state index contributed by atoms with van der Waals surface area (Å²) in [4.78, 5) is 10.8. The Bertz CT molecular complexity index is 376. The summed E-state index contributed by atoms with van der Waals surface area (Å²) in [5, 5.41) is 3.43. The summed E-state index contributed by atoms with van der Waals surface area (Å²) in [5.74, 6) is 1.80. The highest BCUT2D eigenvalue weighted by atomic mass is 127. The maximum Gasteiger partial charge on any atom is 0.193 e. The number of aliphatic imine (C=N–C) groups is 1. The predicted octanol–water partition coefficient (Wildman–Crippen LogP) is 1.81. The van der Waals surface area contributed by atoms with Crippen LogP contribution in [-0.4, -0.2) is 47.1 Å². The minimum atomic E-state index is 0. The zero-order chi connectivity index (χ0) is 12.8. The maximum atomic E-state index is 4.37. The number of imidazole rings is 1. The second-order valence-corrected chi connectivity index (χ2v) is 4.97. The van der Waals surface area contributed by atoms with Crippen molar-refractivity contribution in [2.24, 2.45) is 10.9 Å². The first-order valence-electron chi connectivity index (χ1n) is 6.71. The molecule has 0 radical (unpaired) electrons. The molecule has 19 heavy (non-hydrogen) atoms. The fourth-order valence-corrected chi connectivity index (χ4v) is 2.43.